The molecule has 8 heteroatoms. The van der Waals surface area contributed by atoms with Crippen molar-refractivity contribution in [2.45, 2.75) is 0 Å². The van der Waals surface area contributed by atoms with Crippen molar-refractivity contribution < 1.29 is 34.1 Å². The zero-order valence-electron chi connectivity index (χ0n) is 3.16. The molecule has 0 aromatic carbocycles. The Morgan fingerprint density at radius 2 is 0.375 bits per heavy atom. The molecule has 0 amide bonds. The van der Waals surface area contributed by atoms with Crippen molar-refractivity contribution in [3.8, 4) is 0 Å². The van der Waals surface area contributed by atoms with Gasteiger partial charge in [0.05, 0.1) is 0 Å². The molecule has 0 spiro atoms. The maximum atomic E-state index is 3.67. The normalized spacial score (nSPS) is 2.25. The monoisotopic (exact) mass is 304 g/mol. The summed E-state index contributed by atoms with van der Waals surface area (Å²) in [7, 11) is 0. The number of hydrogen-bond donors (Lipinski definition) is 0. The average Bonchev–Trinajstić information content (AvgIpc) is 1.81. The van der Waals surface area contributed by atoms with Crippen LogP contribution in [0.1, 0.15) is 0 Å². The van der Waals surface area contributed by atoms with E-state index in [0.717, 1.165) is 0 Å². The predicted molar refractivity (Wildman–Crippen MR) is 44.2 cm³/mol. The van der Waals surface area contributed by atoms with E-state index in [1.807, 2.05) is 0 Å². The molecule has 2 radical (unpaired) electrons. The fourth-order valence-corrected chi connectivity index (χ4v) is 0. The van der Waals surface area contributed by atoms with Gasteiger partial charge in [-0.2, -0.15) is 0 Å². The van der Waals surface area contributed by atoms with Gasteiger partial charge < -0.3 is 70.0 Å². The third-order valence-electron chi connectivity index (χ3n) is 0. The van der Waals surface area contributed by atoms with Gasteiger partial charge in [0.2, 0.25) is 0 Å². The molecular weight excluding hydrogens is 304 g/mol. The van der Waals surface area contributed by atoms with Gasteiger partial charge in [0.25, 0.3) is 0 Å². The van der Waals surface area contributed by atoms with E-state index >= 15 is 0 Å². The molecule has 0 unspecified atom stereocenters. The van der Waals surface area contributed by atoms with Crippen LogP contribution in [-0.2, 0) is 104 Å². The molecule has 0 aliphatic rings. The molecule has 0 aliphatic carbocycles. The standard InChI is InChI=1S/2Fe.3S2/c;;3*1-2/q2*+3;3*-2. The Bertz CT molecular complexity index is 6.49. The summed E-state index contributed by atoms with van der Waals surface area (Å²) in [6.45, 7) is 0. The maximum absolute atomic E-state index is 3.67. The summed E-state index contributed by atoms with van der Waals surface area (Å²) in [6, 6.07) is 0. The van der Waals surface area contributed by atoms with E-state index in [9.17, 15) is 0 Å². The van der Waals surface area contributed by atoms with Crippen molar-refractivity contribution in [3.05, 3.63) is 0 Å². The molecule has 52 valence electrons. The Hall–Kier alpha value is 3.14. The van der Waals surface area contributed by atoms with Crippen molar-refractivity contribution >= 4 is 70.0 Å². The Balaban J connectivity index is -0.00000000500. The summed E-state index contributed by atoms with van der Waals surface area (Å²) in [5.41, 5.74) is 0. The third kappa shape index (κ3) is 61.4. The summed E-state index contributed by atoms with van der Waals surface area (Å²) < 4.78 is 0. The summed E-state index contributed by atoms with van der Waals surface area (Å²) in [4.78, 5) is 0. The fraction of sp³-hybridized carbons (Fsp3) is 0. The van der Waals surface area contributed by atoms with Crippen LogP contribution in [0.5, 0.6) is 0 Å². The molecule has 0 saturated heterocycles. The first-order valence-electron chi connectivity index (χ1n) is 0.500. The molecule has 0 aromatic heterocycles. The SMILES string of the molecule is [Fe+3].[Fe+3].[S-][S-].[S-][S-].[S-][S-]. The second-order valence-corrected chi connectivity index (χ2v) is 0. The molecule has 0 N–H and O–H groups in total. The molecule has 0 saturated carbocycles. The van der Waals surface area contributed by atoms with Crippen LogP contribution in [0.25, 0.3) is 0 Å². The van der Waals surface area contributed by atoms with Crippen LogP contribution in [0, 0.1) is 0 Å². The maximum Gasteiger partial charge on any atom is 3.00 e. The minimum atomic E-state index is 0. The Morgan fingerprint density at radius 3 is 0.375 bits per heavy atom. The minimum Gasteiger partial charge on any atom is -1.00 e. The summed E-state index contributed by atoms with van der Waals surface area (Å²) in [5, 5.41) is 0. The van der Waals surface area contributed by atoms with Crippen molar-refractivity contribution in [1.82, 2.24) is 0 Å². The van der Waals surface area contributed by atoms with Gasteiger partial charge in [0.15, 0.2) is 0 Å². The van der Waals surface area contributed by atoms with Gasteiger partial charge in [-0.05, 0) is 0 Å². The fourth-order valence-electron chi connectivity index (χ4n) is 0. The minimum absolute atomic E-state index is 0. The summed E-state index contributed by atoms with van der Waals surface area (Å²) in [6.07, 6.45) is 0. The molecule has 0 heterocycles. The van der Waals surface area contributed by atoms with E-state index in [-0.39, 0.29) is 34.1 Å². The Labute approximate surface area is 103 Å². The number of hydrogen-bond acceptors (Lipinski definition) is 6. The van der Waals surface area contributed by atoms with Gasteiger partial charge in [0, 0.05) is 0 Å². The molecule has 0 aromatic rings. The smallest absolute Gasteiger partial charge is 1.00 e. The first-order chi connectivity index (χ1) is 3.00. The van der Waals surface area contributed by atoms with Gasteiger partial charge >= 0.3 is 34.1 Å². The summed E-state index contributed by atoms with van der Waals surface area (Å²) in [5.74, 6) is 0. The van der Waals surface area contributed by atoms with Crippen LogP contribution in [-0.4, -0.2) is 0 Å². The van der Waals surface area contributed by atoms with Gasteiger partial charge in [-0.15, -0.1) is 0 Å². The largest absolute Gasteiger partial charge is 3.00 e. The van der Waals surface area contributed by atoms with E-state index in [2.05, 4.69) is 70.0 Å². The third-order valence-corrected chi connectivity index (χ3v) is 0. The van der Waals surface area contributed by atoms with Crippen LogP contribution < -0.4 is 0 Å². The average molecular weight is 304 g/mol. The topological polar surface area (TPSA) is 0 Å². The van der Waals surface area contributed by atoms with Gasteiger partial charge in [-0.3, -0.25) is 0 Å². The second kappa shape index (κ2) is 85.9. The van der Waals surface area contributed by atoms with E-state index in [1.165, 1.54) is 0 Å². The van der Waals surface area contributed by atoms with Gasteiger partial charge in [-0.1, -0.05) is 0 Å². The molecule has 0 atom stereocenters. The predicted octanol–water partition coefficient (Wildman–Crippen LogP) is -0.0194. The van der Waals surface area contributed by atoms with Crippen LogP contribution in [0.2, 0.25) is 0 Å². The number of rotatable bonds is 0. The zero-order valence-corrected chi connectivity index (χ0v) is 10.3. The molecule has 0 aliphatic heterocycles. The molecule has 0 fully saturated rings. The van der Waals surface area contributed by atoms with Crippen LogP contribution in [0.4, 0.5) is 0 Å². The van der Waals surface area contributed by atoms with Gasteiger partial charge in [0.1, 0.15) is 0 Å². The first-order valence-corrected chi connectivity index (χ1v) is 4.50. The molecule has 0 bridgehead atoms. The first kappa shape index (κ1) is 30.4. The van der Waals surface area contributed by atoms with E-state index in [1.54, 1.807) is 0 Å². The second-order valence-electron chi connectivity index (χ2n) is 0. The molecule has 0 nitrogen and oxygen atoms in total. The summed E-state index contributed by atoms with van der Waals surface area (Å²) >= 11 is 22.0. The van der Waals surface area contributed by atoms with Gasteiger partial charge in [-0.25, -0.2) is 0 Å². The van der Waals surface area contributed by atoms with E-state index in [0.29, 0.717) is 0 Å². The van der Waals surface area contributed by atoms with Crippen molar-refractivity contribution in [1.29, 1.82) is 0 Å². The van der Waals surface area contributed by atoms with Crippen LogP contribution in [0.3, 0.4) is 0 Å². The van der Waals surface area contributed by atoms with E-state index < -0.39 is 0 Å². The molecular formula is Fe2S6. The quantitative estimate of drug-likeness (QED) is 0.348. The zero-order chi connectivity index (χ0) is 6.00. The van der Waals surface area contributed by atoms with Crippen molar-refractivity contribution in [2.75, 3.05) is 0 Å². The molecule has 8 heavy (non-hydrogen) atoms. The van der Waals surface area contributed by atoms with Crippen LogP contribution >= 0.6 is 0 Å². The Morgan fingerprint density at radius 1 is 0.375 bits per heavy atom. The van der Waals surface area contributed by atoms with Crippen molar-refractivity contribution in [3.63, 3.8) is 0 Å². The Kier molecular flexibility index (Phi) is 326. The molecule has 0 rings (SSSR count). The van der Waals surface area contributed by atoms with E-state index in [4.69, 9.17) is 0 Å². The van der Waals surface area contributed by atoms with Crippen molar-refractivity contribution in [2.24, 2.45) is 0 Å². The van der Waals surface area contributed by atoms with Crippen LogP contribution in [0.15, 0.2) is 0 Å².